The summed E-state index contributed by atoms with van der Waals surface area (Å²) in [5.41, 5.74) is 0.369. The molecule has 0 aromatic heterocycles. The minimum Gasteiger partial charge on any atom is -0.327 e. The van der Waals surface area contributed by atoms with E-state index in [1.54, 1.807) is 4.90 Å². The molecule has 0 N–H and O–H groups in total. The molecule has 1 aliphatic heterocycles. The van der Waals surface area contributed by atoms with Gasteiger partial charge in [0.2, 0.25) is 11.8 Å². The van der Waals surface area contributed by atoms with Crippen LogP contribution in [0.1, 0.15) is 57.8 Å². The number of hydrogen-bond acceptors (Lipinski definition) is 3. The molecule has 3 fully saturated rings. The number of halogens is 1. The second kappa shape index (κ2) is 7.41. The molecule has 6 heteroatoms. The van der Waals surface area contributed by atoms with Crippen LogP contribution >= 0.6 is 0 Å². The van der Waals surface area contributed by atoms with E-state index in [9.17, 15) is 18.8 Å². The van der Waals surface area contributed by atoms with E-state index in [2.05, 4.69) is 0 Å². The van der Waals surface area contributed by atoms with E-state index >= 15 is 0 Å². The molecule has 5 nitrogen and oxygen atoms in total. The van der Waals surface area contributed by atoms with E-state index in [0.717, 1.165) is 56.3 Å². The molecule has 0 bridgehead atoms. The van der Waals surface area contributed by atoms with Crippen molar-refractivity contribution in [3.63, 3.8) is 0 Å². The minimum absolute atomic E-state index is 0.0102. The van der Waals surface area contributed by atoms with Gasteiger partial charge in [-0.15, -0.1) is 0 Å². The van der Waals surface area contributed by atoms with Crippen molar-refractivity contribution >= 4 is 23.4 Å². The predicted octanol–water partition coefficient (Wildman–Crippen LogP) is 3.42. The van der Waals surface area contributed by atoms with Crippen molar-refractivity contribution in [2.45, 2.75) is 69.9 Å². The normalized spacial score (nSPS) is 24.2. The summed E-state index contributed by atoms with van der Waals surface area (Å²) in [6.07, 6.45) is 7.97. The molecule has 0 spiro atoms. The molecular formula is C21H25FN2O3. The summed E-state index contributed by atoms with van der Waals surface area (Å²) in [5.74, 6) is -1.05. The van der Waals surface area contributed by atoms with E-state index in [1.807, 2.05) is 0 Å². The summed E-state index contributed by atoms with van der Waals surface area (Å²) in [6, 6.07) is 4.66. The summed E-state index contributed by atoms with van der Waals surface area (Å²) in [7, 11) is 0. The van der Waals surface area contributed by atoms with E-state index in [-0.39, 0.29) is 36.1 Å². The molecule has 3 aliphatic rings. The van der Waals surface area contributed by atoms with Gasteiger partial charge in [-0.1, -0.05) is 25.7 Å². The Morgan fingerprint density at radius 2 is 1.59 bits per heavy atom. The number of benzene rings is 1. The zero-order valence-electron chi connectivity index (χ0n) is 15.4. The van der Waals surface area contributed by atoms with Gasteiger partial charge in [0.25, 0.3) is 5.91 Å². The Balaban J connectivity index is 1.61. The highest BCUT2D eigenvalue weighted by atomic mass is 19.1. The largest absolute Gasteiger partial charge is 0.327 e. The van der Waals surface area contributed by atoms with Crippen molar-refractivity contribution in [1.29, 1.82) is 0 Å². The van der Waals surface area contributed by atoms with Crippen LogP contribution < -0.4 is 4.90 Å². The van der Waals surface area contributed by atoms with Crippen LogP contribution in [0.25, 0.3) is 0 Å². The molecule has 4 rings (SSSR count). The highest BCUT2D eigenvalue weighted by Crippen LogP contribution is 2.37. The number of hydrogen-bond donors (Lipinski definition) is 0. The Bertz CT molecular complexity index is 736. The van der Waals surface area contributed by atoms with Gasteiger partial charge in [0, 0.05) is 12.0 Å². The number of carbonyl (C=O) groups is 3. The Morgan fingerprint density at radius 3 is 2.19 bits per heavy atom. The van der Waals surface area contributed by atoms with Crippen molar-refractivity contribution in [2.75, 3.05) is 4.90 Å². The number of carbonyl (C=O) groups excluding carboxylic acids is 3. The van der Waals surface area contributed by atoms with Gasteiger partial charge in [0.05, 0.1) is 12.1 Å². The molecule has 1 heterocycles. The summed E-state index contributed by atoms with van der Waals surface area (Å²) in [4.78, 5) is 41.7. The van der Waals surface area contributed by atoms with Crippen molar-refractivity contribution in [3.05, 3.63) is 30.1 Å². The second-order valence-corrected chi connectivity index (χ2v) is 7.93. The third kappa shape index (κ3) is 3.62. The molecule has 2 saturated carbocycles. The smallest absolute Gasteiger partial charge is 0.257 e. The van der Waals surface area contributed by atoms with Crippen LogP contribution in [0.15, 0.2) is 24.3 Å². The van der Waals surface area contributed by atoms with Gasteiger partial charge in [-0.05, 0) is 49.9 Å². The van der Waals surface area contributed by atoms with E-state index in [1.165, 1.54) is 24.3 Å². The first-order valence-corrected chi connectivity index (χ1v) is 10.0. The highest BCUT2D eigenvalue weighted by Gasteiger charge is 2.48. The van der Waals surface area contributed by atoms with Gasteiger partial charge in [-0.25, -0.2) is 9.29 Å². The average Bonchev–Trinajstić information content (AvgIpc) is 3.47. The van der Waals surface area contributed by atoms with Crippen LogP contribution in [0.5, 0.6) is 0 Å². The molecule has 27 heavy (non-hydrogen) atoms. The minimum atomic E-state index is -0.723. The number of anilines is 1. The molecule has 1 atom stereocenters. The first-order chi connectivity index (χ1) is 13.1. The predicted molar refractivity (Wildman–Crippen MR) is 98.4 cm³/mol. The Morgan fingerprint density at radius 1 is 0.963 bits per heavy atom. The molecule has 144 valence electrons. The maximum Gasteiger partial charge on any atom is 0.257 e. The Kier molecular flexibility index (Phi) is 4.98. The molecule has 1 aromatic carbocycles. The molecular weight excluding hydrogens is 347 g/mol. The topological polar surface area (TPSA) is 57.7 Å². The summed E-state index contributed by atoms with van der Waals surface area (Å²) >= 11 is 0. The first-order valence-electron chi connectivity index (χ1n) is 10.0. The number of amides is 3. The van der Waals surface area contributed by atoms with Crippen LogP contribution in [-0.2, 0) is 14.4 Å². The monoisotopic (exact) mass is 372 g/mol. The zero-order chi connectivity index (χ0) is 19.0. The molecule has 0 radical (unpaired) electrons. The second-order valence-electron chi connectivity index (χ2n) is 7.93. The fraction of sp³-hybridized carbons (Fsp3) is 0.571. The van der Waals surface area contributed by atoms with Crippen molar-refractivity contribution in [1.82, 2.24) is 4.90 Å². The maximum absolute atomic E-state index is 13.2. The lowest BCUT2D eigenvalue weighted by atomic mass is 10.0. The van der Waals surface area contributed by atoms with E-state index in [0.29, 0.717) is 5.69 Å². The lowest BCUT2D eigenvalue weighted by Gasteiger charge is -2.35. The van der Waals surface area contributed by atoms with Gasteiger partial charge >= 0.3 is 0 Å². The molecule has 1 saturated heterocycles. The average molecular weight is 372 g/mol. The number of rotatable bonds is 4. The quantitative estimate of drug-likeness (QED) is 0.601. The molecule has 1 unspecified atom stereocenters. The van der Waals surface area contributed by atoms with Crippen LogP contribution in [0.3, 0.4) is 0 Å². The lowest BCUT2D eigenvalue weighted by Crippen LogP contribution is -2.51. The SMILES string of the molecule is O=C1CC(N(C(=O)C2CC2)C2CCCCCC2)C(=O)N1c1ccc(F)cc1. The van der Waals surface area contributed by atoms with Gasteiger partial charge in [0.15, 0.2) is 0 Å². The summed E-state index contributed by atoms with van der Waals surface area (Å²) in [6.45, 7) is 0. The molecule has 2 aliphatic carbocycles. The van der Waals surface area contributed by atoms with Gasteiger partial charge in [0.1, 0.15) is 11.9 Å². The molecule has 3 amide bonds. The molecule has 1 aromatic rings. The number of nitrogens with zero attached hydrogens (tertiary/aromatic N) is 2. The fourth-order valence-electron chi connectivity index (χ4n) is 4.36. The Hall–Kier alpha value is -2.24. The third-order valence-corrected chi connectivity index (χ3v) is 5.94. The van der Waals surface area contributed by atoms with Gasteiger partial charge in [-0.2, -0.15) is 0 Å². The van der Waals surface area contributed by atoms with Gasteiger partial charge in [-0.3, -0.25) is 14.4 Å². The van der Waals surface area contributed by atoms with Crippen LogP contribution in [0, 0.1) is 11.7 Å². The summed E-state index contributed by atoms with van der Waals surface area (Å²) < 4.78 is 13.2. The van der Waals surface area contributed by atoms with Crippen LogP contribution in [-0.4, -0.2) is 34.7 Å². The van der Waals surface area contributed by atoms with Crippen LogP contribution in [0.4, 0.5) is 10.1 Å². The lowest BCUT2D eigenvalue weighted by molar-refractivity contribution is -0.142. The maximum atomic E-state index is 13.2. The van der Waals surface area contributed by atoms with Crippen molar-refractivity contribution in [2.24, 2.45) is 5.92 Å². The highest BCUT2D eigenvalue weighted by molar-refractivity contribution is 6.23. The van der Waals surface area contributed by atoms with E-state index in [4.69, 9.17) is 0 Å². The Labute approximate surface area is 158 Å². The zero-order valence-corrected chi connectivity index (χ0v) is 15.4. The third-order valence-electron chi connectivity index (χ3n) is 5.94. The first kappa shape index (κ1) is 18.1. The van der Waals surface area contributed by atoms with E-state index < -0.39 is 11.9 Å². The fourth-order valence-corrected chi connectivity index (χ4v) is 4.36. The number of imide groups is 1. The van der Waals surface area contributed by atoms with Crippen molar-refractivity contribution in [3.8, 4) is 0 Å². The van der Waals surface area contributed by atoms with Crippen LogP contribution in [0.2, 0.25) is 0 Å². The van der Waals surface area contributed by atoms with Gasteiger partial charge < -0.3 is 4.90 Å². The van der Waals surface area contributed by atoms with Crippen molar-refractivity contribution < 1.29 is 18.8 Å². The summed E-state index contributed by atoms with van der Waals surface area (Å²) in [5, 5.41) is 0. The standard InChI is InChI=1S/C21H25FN2O3/c22-15-9-11-17(12-10-15)24-19(25)13-18(21(24)27)23(20(26)14-7-8-14)16-5-3-1-2-4-6-16/h9-12,14,16,18H,1-8,13H2.